The fourth-order valence-corrected chi connectivity index (χ4v) is 5.78. The second kappa shape index (κ2) is 9.66. The lowest BCUT2D eigenvalue weighted by atomic mass is 10.0. The Hall–Kier alpha value is -2.66. The maximum atomic E-state index is 14.9. The normalized spacial score (nSPS) is 21.2. The first-order valence-corrected chi connectivity index (χ1v) is 13.0. The number of benzene rings is 1. The summed E-state index contributed by atoms with van der Waals surface area (Å²) in [6.45, 7) is 0.162. The van der Waals surface area contributed by atoms with Crippen molar-refractivity contribution in [2.45, 2.75) is 50.7 Å². The van der Waals surface area contributed by atoms with Crippen LogP contribution in [0.2, 0.25) is 0 Å². The van der Waals surface area contributed by atoms with E-state index in [9.17, 15) is 22.4 Å². The molecule has 0 spiro atoms. The zero-order chi connectivity index (χ0) is 25.6. The van der Waals surface area contributed by atoms with E-state index in [2.05, 4.69) is 10.3 Å². The first-order valence-electron chi connectivity index (χ1n) is 12.1. The first kappa shape index (κ1) is 25.0. The highest BCUT2D eigenvalue weighted by Crippen LogP contribution is 2.38. The number of likely N-dealkylation sites (tertiary alicyclic amines) is 1. The molecule has 2 fully saturated rings. The molecule has 3 heterocycles. The summed E-state index contributed by atoms with van der Waals surface area (Å²) in [5.74, 6) is 0.0600. The fourth-order valence-electron chi connectivity index (χ4n) is 4.94. The van der Waals surface area contributed by atoms with Crippen LogP contribution >= 0.6 is 11.3 Å². The van der Waals surface area contributed by atoms with E-state index in [4.69, 9.17) is 0 Å². The highest BCUT2D eigenvalue weighted by Gasteiger charge is 2.34. The van der Waals surface area contributed by atoms with Crippen molar-refractivity contribution in [1.29, 1.82) is 0 Å². The summed E-state index contributed by atoms with van der Waals surface area (Å²) in [7, 11) is 3.69. The number of hydrogen-bond donors (Lipinski definition) is 1. The number of carbonyl (C=O) groups is 1. The number of halogens is 4. The van der Waals surface area contributed by atoms with Gasteiger partial charge in [0.1, 0.15) is 17.7 Å². The number of hydrogen-bond acceptors (Lipinski definition) is 5. The molecule has 2 atom stereocenters. The Morgan fingerprint density at radius 1 is 1.28 bits per heavy atom. The molecule has 3 aromatic rings. The van der Waals surface area contributed by atoms with Crippen molar-refractivity contribution >= 4 is 33.8 Å². The Kier molecular flexibility index (Phi) is 6.71. The molecule has 2 aromatic heterocycles. The van der Waals surface area contributed by atoms with Crippen LogP contribution in [0.15, 0.2) is 29.6 Å². The average Bonchev–Trinajstić information content (AvgIpc) is 3.46. The quantitative estimate of drug-likeness (QED) is 0.451. The van der Waals surface area contributed by atoms with Crippen molar-refractivity contribution in [1.82, 2.24) is 19.8 Å². The van der Waals surface area contributed by atoms with Gasteiger partial charge in [-0.1, -0.05) is 6.07 Å². The van der Waals surface area contributed by atoms with Gasteiger partial charge in [-0.15, -0.1) is 11.3 Å². The lowest BCUT2D eigenvalue weighted by Crippen LogP contribution is -2.50. The number of alkyl halides is 4. The van der Waals surface area contributed by atoms with Gasteiger partial charge in [0.2, 0.25) is 5.91 Å². The van der Waals surface area contributed by atoms with E-state index in [1.807, 2.05) is 30.0 Å². The van der Waals surface area contributed by atoms with Crippen LogP contribution in [0.4, 0.5) is 23.2 Å². The number of fused-ring (bicyclic) bond motifs is 1. The standard InChI is InChI=1S/C25H29F4N5OS/c1-32-9-8-21(18(26)12-32)33(2)19-4-3-5-20-17(19)10-22(34(20)14-25(27,28)29)24-31-16(13-36-24)11-30-23(35)15-6-7-15/h3-5,10,13,15,18,21H,6-9,11-12,14H2,1-2H3,(H,30,35)/t18-,21+/m0/s1. The molecule has 5 rings (SSSR count). The third-order valence-electron chi connectivity index (χ3n) is 7.01. The smallest absolute Gasteiger partial charge is 0.368 e. The monoisotopic (exact) mass is 523 g/mol. The molecule has 11 heteroatoms. The minimum atomic E-state index is -4.43. The largest absolute Gasteiger partial charge is 0.406 e. The van der Waals surface area contributed by atoms with Gasteiger partial charge in [0.15, 0.2) is 0 Å². The summed E-state index contributed by atoms with van der Waals surface area (Å²) < 4.78 is 57.0. The third kappa shape index (κ3) is 5.22. The number of aromatic nitrogens is 2. The van der Waals surface area contributed by atoms with Crippen LogP contribution in [0.5, 0.6) is 0 Å². The number of nitrogens with zero attached hydrogens (tertiary/aromatic N) is 4. The molecule has 1 aliphatic heterocycles. The number of anilines is 1. The predicted molar refractivity (Wildman–Crippen MR) is 133 cm³/mol. The summed E-state index contributed by atoms with van der Waals surface area (Å²) in [5.41, 5.74) is 2.08. The lowest BCUT2D eigenvalue weighted by Gasteiger charge is -2.39. The number of thiazole rings is 1. The van der Waals surface area contributed by atoms with Gasteiger partial charge in [-0.25, -0.2) is 9.37 Å². The topological polar surface area (TPSA) is 53.4 Å². The highest BCUT2D eigenvalue weighted by atomic mass is 32.1. The van der Waals surface area contributed by atoms with Gasteiger partial charge in [0, 0.05) is 42.5 Å². The molecule has 0 unspecified atom stereocenters. The molecule has 1 N–H and O–H groups in total. The molecule has 1 aliphatic carbocycles. The Morgan fingerprint density at radius 3 is 2.75 bits per heavy atom. The van der Waals surface area contributed by atoms with Crippen molar-refractivity contribution in [2.75, 3.05) is 32.1 Å². The van der Waals surface area contributed by atoms with E-state index < -0.39 is 18.9 Å². The Balaban J connectivity index is 1.50. The Morgan fingerprint density at radius 2 is 2.06 bits per heavy atom. The molecule has 1 amide bonds. The van der Waals surface area contributed by atoms with E-state index in [0.29, 0.717) is 46.0 Å². The van der Waals surface area contributed by atoms with Crippen LogP contribution in [-0.4, -0.2) is 65.9 Å². The van der Waals surface area contributed by atoms with Gasteiger partial charge in [-0.2, -0.15) is 13.2 Å². The summed E-state index contributed by atoms with van der Waals surface area (Å²) >= 11 is 1.25. The van der Waals surface area contributed by atoms with Gasteiger partial charge in [0.25, 0.3) is 0 Å². The van der Waals surface area contributed by atoms with Crippen LogP contribution in [-0.2, 0) is 17.9 Å². The molecular weight excluding hydrogens is 494 g/mol. The number of nitrogens with one attached hydrogen (secondary N) is 1. The van der Waals surface area contributed by atoms with E-state index >= 15 is 0 Å². The fraction of sp³-hybridized carbons (Fsp3) is 0.520. The maximum absolute atomic E-state index is 14.9. The first-order chi connectivity index (χ1) is 17.1. The average molecular weight is 524 g/mol. The highest BCUT2D eigenvalue weighted by molar-refractivity contribution is 7.13. The third-order valence-corrected chi connectivity index (χ3v) is 7.92. The second-order valence-corrected chi connectivity index (χ2v) is 10.7. The van der Waals surface area contributed by atoms with E-state index in [-0.39, 0.29) is 24.4 Å². The van der Waals surface area contributed by atoms with Crippen LogP contribution in [0.1, 0.15) is 25.0 Å². The zero-order valence-electron chi connectivity index (χ0n) is 20.2. The summed E-state index contributed by atoms with van der Waals surface area (Å²) in [6, 6.07) is 6.57. The van der Waals surface area contributed by atoms with Crippen LogP contribution < -0.4 is 10.2 Å². The van der Waals surface area contributed by atoms with Gasteiger partial charge in [-0.3, -0.25) is 4.79 Å². The molecule has 1 saturated heterocycles. The molecule has 6 nitrogen and oxygen atoms in total. The molecule has 0 bridgehead atoms. The second-order valence-electron chi connectivity index (χ2n) is 9.82. The van der Waals surface area contributed by atoms with Crippen LogP contribution in [0.25, 0.3) is 21.6 Å². The molecule has 1 aromatic carbocycles. The molecule has 0 radical (unpaired) electrons. The van der Waals surface area contributed by atoms with Crippen molar-refractivity contribution in [3.63, 3.8) is 0 Å². The summed E-state index contributed by atoms with van der Waals surface area (Å²) in [5, 5.41) is 5.68. The summed E-state index contributed by atoms with van der Waals surface area (Å²) in [6.07, 6.45) is -3.08. The van der Waals surface area contributed by atoms with Crippen molar-refractivity contribution in [3.05, 3.63) is 35.3 Å². The van der Waals surface area contributed by atoms with E-state index in [1.54, 1.807) is 23.6 Å². The van der Waals surface area contributed by atoms with Crippen molar-refractivity contribution in [2.24, 2.45) is 5.92 Å². The molecular formula is C25H29F4N5OS. The SMILES string of the molecule is CN1CC[C@@H](N(C)c2cccc3c2cc(-c2nc(CNC(=O)C4CC4)cs2)n3CC(F)(F)F)[C@@H](F)C1. The van der Waals surface area contributed by atoms with E-state index in [1.165, 1.54) is 15.9 Å². The van der Waals surface area contributed by atoms with Gasteiger partial charge < -0.3 is 19.7 Å². The maximum Gasteiger partial charge on any atom is 0.406 e. The number of piperidine rings is 1. The zero-order valence-corrected chi connectivity index (χ0v) is 21.0. The molecule has 2 aliphatic rings. The lowest BCUT2D eigenvalue weighted by molar-refractivity contribution is -0.139. The number of rotatable bonds is 7. The van der Waals surface area contributed by atoms with E-state index in [0.717, 1.165) is 19.4 Å². The molecule has 1 saturated carbocycles. The van der Waals surface area contributed by atoms with Gasteiger partial charge in [-0.05, 0) is 44.5 Å². The summed E-state index contributed by atoms with van der Waals surface area (Å²) in [4.78, 5) is 20.3. The molecule has 36 heavy (non-hydrogen) atoms. The van der Waals surface area contributed by atoms with Crippen molar-refractivity contribution in [3.8, 4) is 10.7 Å². The Bertz CT molecular complexity index is 1250. The number of carbonyl (C=O) groups excluding carboxylic acids is 1. The minimum absolute atomic E-state index is 0.0107. The molecule has 194 valence electrons. The van der Waals surface area contributed by atoms with Crippen LogP contribution in [0, 0.1) is 5.92 Å². The Labute approximate surface area is 210 Å². The van der Waals surface area contributed by atoms with Gasteiger partial charge in [0.05, 0.1) is 29.5 Å². The predicted octanol–water partition coefficient (Wildman–Crippen LogP) is 4.83. The number of amides is 1. The van der Waals surface area contributed by atoms with Crippen molar-refractivity contribution < 1.29 is 22.4 Å². The van der Waals surface area contributed by atoms with Crippen LogP contribution in [0.3, 0.4) is 0 Å². The van der Waals surface area contributed by atoms with Gasteiger partial charge >= 0.3 is 6.18 Å². The minimum Gasteiger partial charge on any atom is -0.368 e.